The molecule has 0 spiro atoms. The highest BCUT2D eigenvalue weighted by molar-refractivity contribution is 5.83. The molecule has 0 bridgehead atoms. The largest absolute Gasteiger partial charge is 0.335 e. The zero-order chi connectivity index (χ0) is 16.3. The smallest absolute Gasteiger partial charge is 0.230 e. The van der Waals surface area contributed by atoms with Crippen LogP contribution in [0.4, 0.5) is 0 Å². The summed E-state index contributed by atoms with van der Waals surface area (Å²) >= 11 is 0. The second kappa shape index (κ2) is 6.61. The van der Waals surface area contributed by atoms with Gasteiger partial charge in [-0.05, 0) is 46.6 Å². The van der Waals surface area contributed by atoms with Crippen molar-refractivity contribution in [2.24, 2.45) is 11.1 Å². The first-order valence-electron chi connectivity index (χ1n) is 7.75. The molecule has 2 N–H and O–H groups in total. The molecule has 1 atom stereocenters. The Balaban J connectivity index is 3.06. The Bertz CT molecular complexity index is 460. The summed E-state index contributed by atoms with van der Waals surface area (Å²) in [6, 6.07) is 10.3. The molecule has 3 heteroatoms. The minimum Gasteiger partial charge on any atom is -0.335 e. The molecular formula is C18H30N2O. The van der Waals surface area contributed by atoms with Gasteiger partial charge in [0.15, 0.2) is 0 Å². The van der Waals surface area contributed by atoms with Gasteiger partial charge >= 0.3 is 0 Å². The monoisotopic (exact) mass is 290 g/mol. The summed E-state index contributed by atoms with van der Waals surface area (Å²) in [6.45, 7) is 12.6. The number of amides is 1. The van der Waals surface area contributed by atoms with Gasteiger partial charge in [0.2, 0.25) is 5.91 Å². The van der Waals surface area contributed by atoms with Crippen LogP contribution in [0.15, 0.2) is 30.3 Å². The maximum Gasteiger partial charge on any atom is 0.230 e. The van der Waals surface area contributed by atoms with Crippen LogP contribution in [-0.2, 0) is 11.3 Å². The Labute approximate surface area is 129 Å². The first kappa shape index (κ1) is 17.7. The summed E-state index contributed by atoms with van der Waals surface area (Å²) in [5.74, 6) is 0.119. The predicted molar refractivity (Wildman–Crippen MR) is 88.8 cm³/mol. The zero-order valence-corrected chi connectivity index (χ0v) is 14.3. The van der Waals surface area contributed by atoms with Crippen LogP contribution < -0.4 is 5.73 Å². The van der Waals surface area contributed by atoms with E-state index in [0.717, 1.165) is 12.0 Å². The number of hydrogen-bond donors (Lipinski definition) is 1. The van der Waals surface area contributed by atoms with E-state index in [1.807, 2.05) is 50.8 Å². The second-order valence-electron chi connectivity index (χ2n) is 7.02. The van der Waals surface area contributed by atoms with Crippen LogP contribution >= 0.6 is 0 Å². The normalized spacial score (nSPS) is 13.9. The molecule has 1 unspecified atom stereocenters. The van der Waals surface area contributed by atoms with E-state index in [9.17, 15) is 4.79 Å². The lowest BCUT2D eigenvalue weighted by atomic mass is 9.74. The van der Waals surface area contributed by atoms with Crippen molar-refractivity contribution in [1.82, 2.24) is 4.90 Å². The summed E-state index contributed by atoms with van der Waals surface area (Å²) in [7, 11) is 0. The van der Waals surface area contributed by atoms with E-state index in [2.05, 4.69) is 26.0 Å². The molecule has 1 aromatic carbocycles. The van der Waals surface area contributed by atoms with E-state index in [1.54, 1.807) is 0 Å². The summed E-state index contributed by atoms with van der Waals surface area (Å²) in [5, 5.41) is 0. The van der Waals surface area contributed by atoms with E-state index in [1.165, 1.54) is 0 Å². The zero-order valence-electron chi connectivity index (χ0n) is 14.3. The molecule has 3 nitrogen and oxygen atoms in total. The van der Waals surface area contributed by atoms with Crippen LogP contribution in [0.3, 0.4) is 0 Å². The second-order valence-corrected chi connectivity index (χ2v) is 7.02. The molecule has 1 aromatic rings. The van der Waals surface area contributed by atoms with Crippen molar-refractivity contribution in [3.8, 4) is 0 Å². The molecule has 0 aliphatic rings. The highest BCUT2D eigenvalue weighted by Gasteiger charge is 2.43. The van der Waals surface area contributed by atoms with Crippen molar-refractivity contribution in [2.45, 2.75) is 66.1 Å². The van der Waals surface area contributed by atoms with E-state index in [0.29, 0.717) is 6.54 Å². The van der Waals surface area contributed by atoms with Gasteiger partial charge in [0.25, 0.3) is 0 Å². The number of hydrogen-bond acceptors (Lipinski definition) is 2. The van der Waals surface area contributed by atoms with Crippen LogP contribution in [0.1, 0.15) is 53.5 Å². The number of nitrogens with zero attached hydrogens (tertiary/aromatic N) is 1. The van der Waals surface area contributed by atoms with Gasteiger partial charge in [0.1, 0.15) is 0 Å². The van der Waals surface area contributed by atoms with E-state index < -0.39 is 11.0 Å². The SMILES string of the molecule is CCC(C)N(Cc1ccccc1)C(=O)C(C)(C)C(C)(C)N. The fourth-order valence-electron chi connectivity index (χ4n) is 2.06. The molecule has 118 valence electrons. The highest BCUT2D eigenvalue weighted by atomic mass is 16.2. The minimum atomic E-state index is -0.606. The third-order valence-electron chi connectivity index (χ3n) is 4.72. The molecular weight excluding hydrogens is 260 g/mol. The summed E-state index contributed by atoms with van der Waals surface area (Å²) in [4.78, 5) is 15.0. The fourth-order valence-corrected chi connectivity index (χ4v) is 2.06. The fraction of sp³-hybridized carbons (Fsp3) is 0.611. The van der Waals surface area contributed by atoms with Crippen LogP contribution in [-0.4, -0.2) is 22.4 Å². The third kappa shape index (κ3) is 4.07. The quantitative estimate of drug-likeness (QED) is 0.870. The van der Waals surface area contributed by atoms with Gasteiger partial charge in [-0.25, -0.2) is 0 Å². The van der Waals surface area contributed by atoms with E-state index in [4.69, 9.17) is 5.73 Å². The van der Waals surface area contributed by atoms with Gasteiger partial charge in [-0.2, -0.15) is 0 Å². The van der Waals surface area contributed by atoms with Crippen molar-refractivity contribution in [2.75, 3.05) is 0 Å². The third-order valence-corrected chi connectivity index (χ3v) is 4.72. The Kier molecular flexibility index (Phi) is 5.57. The van der Waals surface area contributed by atoms with Crippen LogP contribution in [0, 0.1) is 5.41 Å². The number of rotatable bonds is 6. The van der Waals surface area contributed by atoms with Crippen molar-refractivity contribution >= 4 is 5.91 Å². The van der Waals surface area contributed by atoms with Crippen LogP contribution in [0.25, 0.3) is 0 Å². The lowest BCUT2D eigenvalue weighted by Gasteiger charge is -2.42. The average molecular weight is 290 g/mol. The number of carbonyl (C=O) groups is 1. The Morgan fingerprint density at radius 2 is 1.71 bits per heavy atom. The molecule has 1 rings (SSSR count). The number of nitrogens with two attached hydrogens (primary N) is 1. The molecule has 1 amide bonds. The van der Waals surface area contributed by atoms with Gasteiger partial charge in [-0.3, -0.25) is 4.79 Å². The first-order valence-corrected chi connectivity index (χ1v) is 7.75. The summed E-state index contributed by atoms with van der Waals surface area (Å²) in [6.07, 6.45) is 0.930. The molecule has 0 radical (unpaired) electrons. The van der Waals surface area contributed by atoms with Gasteiger partial charge in [-0.1, -0.05) is 37.3 Å². The van der Waals surface area contributed by atoms with Gasteiger partial charge in [0.05, 0.1) is 5.41 Å². The predicted octanol–water partition coefficient (Wildman–Crippen LogP) is 3.58. The molecule has 0 saturated heterocycles. The molecule has 0 aromatic heterocycles. The molecule has 0 aliphatic heterocycles. The molecule has 0 saturated carbocycles. The van der Waals surface area contributed by atoms with E-state index >= 15 is 0 Å². The summed E-state index contributed by atoms with van der Waals surface area (Å²) < 4.78 is 0. The number of carbonyl (C=O) groups excluding carboxylic acids is 1. The molecule has 0 fully saturated rings. The van der Waals surface area contributed by atoms with Crippen molar-refractivity contribution < 1.29 is 4.79 Å². The average Bonchev–Trinajstić information content (AvgIpc) is 2.43. The lowest BCUT2D eigenvalue weighted by Crippen LogP contribution is -2.57. The standard InChI is InChI=1S/C18H30N2O/c1-7-14(2)20(13-15-11-9-8-10-12-15)16(21)17(3,4)18(5,6)19/h8-12,14H,7,13,19H2,1-6H3. The van der Waals surface area contributed by atoms with Gasteiger partial charge < -0.3 is 10.6 Å². The van der Waals surface area contributed by atoms with E-state index in [-0.39, 0.29) is 11.9 Å². The van der Waals surface area contributed by atoms with Crippen LogP contribution in [0.2, 0.25) is 0 Å². The maximum atomic E-state index is 13.1. The molecule has 0 heterocycles. The molecule has 21 heavy (non-hydrogen) atoms. The maximum absolute atomic E-state index is 13.1. The lowest BCUT2D eigenvalue weighted by molar-refractivity contribution is -0.146. The Hall–Kier alpha value is -1.35. The van der Waals surface area contributed by atoms with Crippen LogP contribution in [0.5, 0.6) is 0 Å². The molecule has 0 aliphatic carbocycles. The topological polar surface area (TPSA) is 46.3 Å². The Morgan fingerprint density at radius 1 is 1.19 bits per heavy atom. The van der Waals surface area contributed by atoms with Crippen molar-refractivity contribution in [3.63, 3.8) is 0 Å². The highest BCUT2D eigenvalue weighted by Crippen LogP contribution is 2.32. The van der Waals surface area contributed by atoms with Crippen molar-refractivity contribution in [1.29, 1.82) is 0 Å². The van der Waals surface area contributed by atoms with Gasteiger partial charge in [0, 0.05) is 18.1 Å². The van der Waals surface area contributed by atoms with Gasteiger partial charge in [-0.15, -0.1) is 0 Å². The van der Waals surface area contributed by atoms with Crippen molar-refractivity contribution in [3.05, 3.63) is 35.9 Å². The first-order chi connectivity index (χ1) is 9.61. The Morgan fingerprint density at radius 3 is 2.14 bits per heavy atom. The summed E-state index contributed by atoms with van der Waals surface area (Å²) in [5.41, 5.74) is 6.22. The number of benzene rings is 1. The minimum absolute atomic E-state index is 0.119.